The Morgan fingerprint density at radius 2 is 2.67 bits per heavy atom. The summed E-state index contributed by atoms with van der Waals surface area (Å²) in [7, 11) is 1.53. The lowest BCUT2D eigenvalue weighted by molar-refractivity contribution is 0.214. The summed E-state index contributed by atoms with van der Waals surface area (Å²) in [5, 5.41) is 3.70. The normalized spacial score (nSPS) is 20.8. The Labute approximate surface area is 53.7 Å². The van der Waals surface area contributed by atoms with Crippen molar-refractivity contribution >= 4 is 11.9 Å². The van der Waals surface area contributed by atoms with E-state index in [2.05, 4.69) is 15.0 Å². The number of nitrogens with zero attached hydrogens (tertiary/aromatic N) is 2. The SMILES string of the molecule is CON=C1C=NC=CC1. The summed E-state index contributed by atoms with van der Waals surface area (Å²) < 4.78 is 0. The van der Waals surface area contributed by atoms with Gasteiger partial charge in [-0.3, -0.25) is 4.99 Å². The summed E-state index contributed by atoms with van der Waals surface area (Å²) in [6, 6.07) is 0. The lowest BCUT2D eigenvalue weighted by Crippen LogP contribution is -2.00. The fraction of sp³-hybridized carbons (Fsp3) is 0.333. The molecule has 0 aliphatic carbocycles. The van der Waals surface area contributed by atoms with Crippen molar-refractivity contribution in [3.05, 3.63) is 12.3 Å². The number of oxime groups is 1. The second-order valence-electron chi connectivity index (χ2n) is 1.63. The molecule has 0 aromatic rings. The van der Waals surface area contributed by atoms with Gasteiger partial charge in [-0.05, 0) is 0 Å². The molecule has 3 nitrogen and oxygen atoms in total. The molecule has 0 aromatic heterocycles. The van der Waals surface area contributed by atoms with Crippen LogP contribution in [0.25, 0.3) is 0 Å². The van der Waals surface area contributed by atoms with Gasteiger partial charge in [-0.25, -0.2) is 0 Å². The fourth-order valence-corrected chi connectivity index (χ4v) is 0.594. The highest BCUT2D eigenvalue weighted by atomic mass is 16.6. The molecule has 0 bridgehead atoms. The lowest BCUT2D eigenvalue weighted by Gasteiger charge is -1.96. The van der Waals surface area contributed by atoms with E-state index in [9.17, 15) is 0 Å². The molecule has 0 spiro atoms. The van der Waals surface area contributed by atoms with Crippen molar-refractivity contribution in [2.45, 2.75) is 6.42 Å². The van der Waals surface area contributed by atoms with E-state index in [4.69, 9.17) is 0 Å². The van der Waals surface area contributed by atoms with E-state index >= 15 is 0 Å². The number of allylic oxidation sites excluding steroid dienone is 1. The van der Waals surface area contributed by atoms with Gasteiger partial charge in [0.25, 0.3) is 0 Å². The van der Waals surface area contributed by atoms with Gasteiger partial charge in [-0.15, -0.1) is 0 Å². The monoisotopic (exact) mass is 124 g/mol. The molecule has 0 aromatic carbocycles. The molecule has 0 N–H and O–H groups in total. The summed E-state index contributed by atoms with van der Waals surface area (Å²) in [6.45, 7) is 0. The van der Waals surface area contributed by atoms with E-state index in [-0.39, 0.29) is 0 Å². The van der Waals surface area contributed by atoms with Crippen molar-refractivity contribution < 1.29 is 4.84 Å². The minimum absolute atomic E-state index is 0.817. The molecule has 0 amide bonds. The van der Waals surface area contributed by atoms with Gasteiger partial charge < -0.3 is 4.84 Å². The number of hydrogen-bond acceptors (Lipinski definition) is 3. The second kappa shape index (κ2) is 3.02. The number of aliphatic imine (C=N–C) groups is 1. The van der Waals surface area contributed by atoms with Crippen LogP contribution in [-0.4, -0.2) is 19.0 Å². The Morgan fingerprint density at radius 3 is 3.22 bits per heavy atom. The van der Waals surface area contributed by atoms with E-state index in [1.807, 2.05) is 6.08 Å². The van der Waals surface area contributed by atoms with Gasteiger partial charge in [0.05, 0.1) is 6.21 Å². The average Bonchev–Trinajstić information content (AvgIpc) is 1.91. The first-order chi connectivity index (χ1) is 4.43. The predicted molar refractivity (Wildman–Crippen MR) is 36.7 cm³/mol. The molecule has 1 aliphatic rings. The zero-order valence-electron chi connectivity index (χ0n) is 5.24. The highest BCUT2D eigenvalue weighted by Gasteiger charge is 1.94. The Bertz CT molecular complexity index is 170. The van der Waals surface area contributed by atoms with Gasteiger partial charge in [0.1, 0.15) is 12.8 Å². The molecule has 9 heavy (non-hydrogen) atoms. The maximum absolute atomic E-state index is 4.54. The van der Waals surface area contributed by atoms with Gasteiger partial charge in [0.2, 0.25) is 0 Å². The first kappa shape index (κ1) is 6.01. The van der Waals surface area contributed by atoms with Crippen LogP contribution in [0, 0.1) is 0 Å². The average molecular weight is 124 g/mol. The van der Waals surface area contributed by atoms with E-state index < -0.39 is 0 Å². The molecule has 0 atom stereocenters. The summed E-state index contributed by atoms with van der Waals surface area (Å²) in [4.78, 5) is 8.40. The molecule has 1 rings (SSSR count). The standard InChI is InChI=1S/C6H8N2O/c1-9-8-6-3-2-4-7-5-6/h2,4-5H,3H2,1H3. The van der Waals surface area contributed by atoms with E-state index in [0.717, 1.165) is 12.1 Å². The molecule has 1 heterocycles. The quantitative estimate of drug-likeness (QED) is 0.480. The molecular formula is C6H8N2O. The largest absolute Gasteiger partial charge is 0.399 e. The van der Waals surface area contributed by atoms with Crippen LogP contribution in [0.2, 0.25) is 0 Å². The van der Waals surface area contributed by atoms with Crippen LogP contribution in [-0.2, 0) is 4.84 Å². The van der Waals surface area contributed by atoms with Crippen LogP contribution in [0.15, 0.2) is 22.4 Å². The molecule has 3 heteroatoms. The van der Waals surface area contributed by atoms with Crippen LogP contribution in [0.1, 0.15) is 6.42 Å². The maximum atomic E-state index is 4.54. The molecule has 48 valence electrons. The molecule has 0 saturated heterocycles. The smallest absolute Gasteiger partial charge is 0.106 e. The molecule has 0 fully saturated rings. The first-order valence-corrected chi connectivity index (χ1v) is 2.71. The van der Waals surface area contributed by atoms with E-state index in [1.165, 1.54) is 7.11 Å². The van der Waals surface area contributed by atoms with Crippen LogP contribution in [0.3, 0.4) is 0 Å². The highest BCUT2D eigenvalue weighted by molar-refractivity contribution is 6.31. The summed E-state index contributed by atoms with van der Waals surface area (Å²) in [5.74, 6) is 0. The first-order valence-electron chi connectivity index (χ1n) is 2.71. The number of rotatable bonds is 1. The Kier molecular flexibility index (Phi) is 2.01. The molecule has 1 aliphatic heterocycles. The Balaban J connectivity index is 2.55. The molecule has 0 unspecified atom stereocenters. The van der Waals surface area contributed by atoms with Crippen molar-refractivity contribution in [3.8, 4) is 0 Å². The summed E-state index contributed by atoms with van der Waals surface area (Å²) >= 11 is 0. The third kappa shape index (κ3) is 1.68. The van der Waals surface area contributed by atoms with Crippen LogP contribution in [0.5, 0.6) is 0 Å². The van der Waals surface area contributed by atoms with Crippen molar-refractivity contribution in [1.82, 2.24) is 0 Å². The van der Waals surface area contributed by atoms with Crippen molar-refractivity contribution in [2.75, 3.05) is 7.11 Å². The van der Waals surface area contributed by atoms with Gasteiger partial charge in [-0.1, -0.05) is 11.2 Å². The Morgan fingerprint density at radius 1 is 1.78 bits per heavy atom. The summed E-state index contributed by atoms with van der Waals surface area (Å²) in [5.41, 5.74) is 0.861. The topological polar surface area (TPSA) is 34.0 Å². The molecular weight excluding hydrogens is 116 g/mol. The minimum Gasteiger partial charge on any atom is -0.399 e. The second-order valence-corrected chi connectivity index (χ2v) is 1.63. The maximum Gasteiger partial charge on any atom is 0.106 e. The predicted octanol–water partition coefficient (Wildman–Crippen LogP) is 0.977. The van der Waals surface area contributed by atoms with Crippen molar-refractivity contribution in [2.24, 2.45) is 10.1 Å². The van der Waals surface area contributed by atoms with E-state index in [0.29, 0.717) is 0 Å². The third-order valence-corrected chi connectivity index (χ3v) is 0.951. The van der Waals surface area contributed by atoms with E-state index in [1.54, 1.807) is 12.4 Å². The van der Waals surface area contributed by atoms with Gasteiger partial charge in [-0.2, -0.15) is 0 Å². The number of hydrogen-bond donors (Lipinski definition) is 0. The van der Waals surface area contributed by atoms with Gasteiger partial charge >= 0.3 is 0 Å². The zero-order valence-corrected chi connectivity index (χ0v) is 5.24. The summed E-state index contributed by atoms with van der Waals surface area (Å²) in [6.07, 6.45) is 6.17. The third-order valence-electron chi connectivity index (χ3n) is 0.951. The fourth-order valence-electron chi connectivity index (χ4n) is 0.594. The van der Waals surface area contributed by atoms with Crippen LogP contribution >= 0.6 is 0 Å². The minimum atomic E-state index is 0.817. The van der Waals surface area contributed by atoms with Crippen molar-refractivity contribution in [1.29, 1.82) is 0 Å². The van der Waals surface area contributed by atoms with Crippen LogP contribution < -0.4 is 0 Å². The van der Waals surface area contributed by atoms with Crippen molar-refractivity contribution in [3.63, 3.8) is 0 Å². The van der Waals surface area contributed by atoms with Gasteiger partial charge in [0, 0.05) is 12.6 Å². The Hall–Kier alpha value is -1.12. The zero-order chi connectivity index (χ0) is 6.53. The van der Waals surface area contributed by atoms with Gasteiger partial charge in [0.15, 0.2) is 0 Å². The van der Waals surface area contributed by atoms with Crippen LogP contribution in [0.4, 0.5) is 0 Å². The highest BCUT2D eigenvalue weighted by Crippen LogP contribution is 1.93. The molecule has 0 radical (unpaired) electrons. The lowest BCUT2D eigenvalue weighted by atomic mass is 10.2. The molecule has 0 saturated carbocycles.